The highest BCUT2D eigenvalue weighted by Crippen LogP contribution is 2.01. The number of pyridine rings is 1. The molecule has 0 atom stereocenters. The quantitative estimate of drug-likeness (QED) is 0.723. The minimum Gasteiger partial charge on any atom is -0.343 e. The molecule has 0 unspecified atom stereocenters. The first-order chi connectivity index (χ1) is 8.20. The van der Waals surface area contributed by atoms with Gasteiger partial charge in [-0.3, -0.25) is 0 Å². The maximum absolute atomic E-state index is 4.00. The molecule has 0 aliphatic rings. The first-order valence-electron chi connectivity index (χ1n) is 6.44. The predicted molar refractivity (Wildman–Crippen MR) is 77.1 cm³/mol. The van der Waals surface area contributed by atoms with Gasteiger partial charge in [0.05, 0.1) is 11.8 Å². The van der Waals surface area contributed by atoms with Crippen LogP contribution >= 0.6 is 0 Å². The summed E-state index contributed by atoms with van der Waals surface area (Å²) in [5.41, 5.74) is 1.76. The van der Waals surface area contributed by atoms with Gasteiger partial charge in [0, 0.05) is 6.20 Å². The van der Waals surface area contributed by atoms with Crippen LogP contribution in [-0.2, 0) is 0 Å². The number of H-pyrrole nitrogens is 1. The summed E-state index contributed by atoms with van der Waals surface area (Å²) in [6.45, 7) is 14.5. The lowest BCUT2D eigenvalue weighted by Gasteiger charge is -1.80. The first-order valence-corrected chi connectivity index (χ1v) is 6.44. The standard InChI is InChI=1S/C6H5N3.C4H10.2C2H6/c1-2-5-6(7-3-1)9-4-8-5;1-4(2)3;2*1-2/h1-4H,(H,7,8,9);4H,1-3H3;2*1-2H3. The fraction of sp³-hybridized carbons (Fsp3) is 0.571. The van der Waals surface area contributed by atoms with Crippen LogP contribution < -0.4 is 0 Å². The van der Waals surface area contributed by atoms with E-state index in [1.807, 2.05) is 39.8 Å². The maximum atomic E-state index is 4.00. The van der Waals surface area contributed by atoms with Gasteiger partial charge in [0.2, 0.25) is 0 Å². The molecule has 98 valence electrons. The average molecular weight is 237 g/mol. The lowest BCUT2D eigenvalue weighted by molar-refractivity contribution is 0.737. The normalized spacial score (nSPS) is 8.24. The van der Waals surface area contributed by atoms with Crippen molar-refractivity contribution in [1.29, 1.82) is 0 Å². The second-order valence-electron chi connectivity index (χ2n) is 3.51. The highest BCUT2D eigenvalue weighted by Gasteiger charge is 1.90. The van der Waals surface area contributed by atoms with Crippen LogP contribution in [0.3, 0.4) is 0 Å². The summed E-state index contributed by atoms with van der Waals surface area (Å²) in [5.74, 6) is 0.833. The van der Waals surface area contributed by atoms with Gasteiger partial charge < -0.3 is 4.98 Å². The molecule has 0 saturated heterocycles. The van der Waals surface area contributed by atoms with E-state index in [9.17, 15) is 0 Å². The smallest absolute Gasteiger partial charge is 0.177 e. The summed E-state index contributed by atoms with van der Waals surface area (Å²) < 4.78 is 0. The molecule has 2 rings (SSSR count). The largest absolute Gasteiger partial charge is 0.343 e. The summed E-state index contributed by atoms with van der Waals surface area (Å²) in [6.07, 6.45) is 3.36. The molecule has 0 saturated carbocycles. The number of imidazole rings is 1. The number of aromatic amines is 1. The van der Waals surface area contributed by atoms with E-state index in [1.165, 1.54) is 0 Å². The molecule has 0 bridgehead atoms. The van der Waals surface area contributed by atoms with Gasteiger partial charge in [-0.15, -0.1) is 0 Å². The Kier molecular flexibility index (Phi) is 13.4. The van der Waals surface area contributed by atoms with Crippen molar-refractivity contribution in [3.05, 3.63) is 24.7 Å². The van der Waals surface area contributed by atoms with Gasteiger partial charge >= 0.3 is 0 Å². The van der Waals surface area contributed by atoms with Gasteiger partial charge in [-0.2, -0.15) is 0 Å². The van der Waals surface area contributed by atoms with Crippen LogP contribution in [-0.4, -0.2) is 15.0 Å². The van der Waals surface area contributed by atoms with Crippen LogP contribution in [0, 0.1) is 5.92 Å². The number of nitrogens with zero attached hydrogens (tertiary/aromatic N) is 2. The van der Waals surface area contributed by atoms with Crippen LogP contribution in [0.1, 0.15) is 48.5 Å². The number of nitrogens with one attached hydrogen (secondary N) is 1. The van der Waals surface area contributed by atoms with Crippen molar-refractivity contribution in [2.45, 2.75) is 48.5 Å². The molecule has 3 nitrogen and oxygen atoms in total. The van der Waals surface area contributed by atoms with Gasteiger partial charge in [-0.25, -0.2) is 9.97 Å². The Morgan fingerprint density at radius 1 is 1.00 bits per heavy atom. The Bertz CT molecular complexity index is 320. The Balaban J connectivity index is 0. The molecule has 0 aromatic carbocycles. The lowest BCUT2D eigenvalue weighted by atomic mass is 10.3. The molecular weight excluding hydrogens is 210 g/mol. The Labute approximate surface area is 106 Å². The summed E-state index contributed by atoms with van der Waals surface area (Å²) in [4.78, 5) is 10.9. The highest BCUT2D eigenvalue weighted by molar-refractivity contribution is 5.68. The van der Waals surface area contributed by atoms with Crippen molar-refractivity contribution in [2.24, 2.45) is 5.92 Å². The molecule has 0 amide bonds. The van der Waals surface area contributed by atoms with E-state index in [2.05, 4.69) is 35.7 Å². The van der Waals surface area contributed by atoms with Crippen LogP contribution in [0.25, 0.3) is 11.2 Å². The fourth-order valence-electron chi connectivity index (χ4n) is 0.775. The van der Waals surface area contributed by atoms with E-state index in [-0.39, 0.29) is 0 Å². The van der Waals surface area contributed by atoms with Gasteiger partial charge in [-0.05, 0) is 18.1 Å². The summed E-state index contributed by atoms with van der Waals surface area (Å²) in [5, 5.41) is 0. The summed E-state index contributed by atoms with van der Waals surface area (Å²) in [6, 6.07) is 3.82. The van der Waals surface area contributed by atoms with E-state index in [0.29, 0.717) is 0 Å². The van der Waals surface area contributed by atoms with E-state index in [0.717, 1.165) is 17.1 Å². The molecule has 2 heterocycles. The van der Waals surface area contributed by atoms with E-state index in [4.69, 9.17) is 0 Å². The topological polar surface area (TPSA) is 41.6 Å². The molecule has 0 fully saturated rings. The molecule has 0 aliphatic heterocycles. The molecule has 2 aromatic heterocycles. The third-order valence-electron chi connectivity index (χ3n) is 1.19. The highest BCUT2D eigenvalue weighted by atomic mass is 14.9. The zero-order valence-electron chi connectivity index (χ0n) is 12.3. The van der Waals surface area contributed by atoms with Gasteiger partial charge in [0.1, 0.15) is 0 Å². The van der Waals surface area contributed by atoms with Crippen LogP contribution in [0.2, 0.25) is 0 Å². The molecule has 0 spiro atoms. The first kappa shape index (κ1) is 18.0. The average Bonchev–Trinajstić information content (AvgIpc) is 2.81. The third kappa shape index (κ3) is 9.54. The third-order valence-corrected chi connectivity index (χ3v) is 1.19. The van der Waals surface area contributed by atoms with Crippen LogP contribution in [0.5, 0.6) is 0 Å². The molecule has 17 heavy (non-hydrogen) atoms. The van der Waals surface area contributed by atoms with Crippen molar-refractivity contribution < 1.29 is 0 Å². The van der Waals surface area contributed by atoms with Crippen molar-refractivity contribution in [3.8, 4) is 0 Å². The minimum absolute atomic E-state index is 0.775. The second kappa shape index (κ2) is 12.7. The number of hydrogen-bond donors (Lipinski definition) is 1. The molecule has 1 N–H and O–H groups in total. The Morgan fingerprint density at radius 3 is 2.00 bits per heavy atom. The predicted octanol–water partition coefficient (Wildman–Crippen LogP) is 4.67. The van der Waals surface area contributed by atoms with Crippen molar-refractivity contribution in [2.75, 3.05) is 0 Å². The summed E-state index contributed by atoms with van der Waals surface area (Å²) in [7, 11) is 0. The lowest BCUT2D eigenvalue weighted by Crippen LogP contribution is -1.71. The number of aromatic nitrogens is 3. The minimum atomic E-state index is 0.775. The zero-order chi connectivity index (χ0) is 13.7. The van der Waals surface area contributed by atoms with Crippen molar-refractivity contribution in [1.82, 2.24) is 15.0 Å². The van der Waals surface area contributed by atoms with Gasteiger partial charge in [0.25, 0.3) is 0 Å². The zero-order valence-corrected chi connectivity index (χ0v) is 12.3. The molecular formula is C14H27N3. The van der Waals surface area contributed by atoms with Crippen LogP contribution in [0.4, 0.5) is 0 Å². The Hall–Kier alpha value is -1.38. The van der Waals surface area contributed by atoms with E-state index < -0.39 is 0 Å². The SMILES string of the molecule is CC.CC.CC(C)C.c1cnc2nc[nH]c2c1. The monoisotopic (exact) mass is 237 g/mol. The van der Waals surface area contributed by atoms with E-state index >= 15 is 0 Å². The van der Waals surface area contributed by atoms with Gasteiger partial charge in [-0.1, -0.05) is 48.5 Å². The number of hydrogen-bond acceptors (Lipinski definition) is 2. The summed E-state index contributed by atoms with van der Waals surface area (Å²) >= 11 is 0. The van der Waals surface area contributed by atoms with E-state index in [1.54, 1.807) is 12.5 Å². The molecule has 0 radical (unpaired) electrons. The molecule has 2 aromatic rings. The second-order valence-corrected chi connectivity index (χ2v) is 3.51. The van der Waals surface area contributed by atoms with Crippen LogP contribution in [0.15, 0.2) is 24.7 Å². The van der Waals surface area contributed by atoms with Crippen molar-refractivity contribution >= 4 is 11.2 Å². The number of fused-ring (bicyclic) bond motifs is 1. The molecule has 3 heteroatoms. The number of rotatable bonds is 0. The Morgan fingerprint density at radius 2 is 1.53 bits per heavy atom. The molecule has 0 aliphatic carbocycles. The van der Waals surface area contributed by atoms with Gasteiger partial charge in [0.15, 0.2) is 5.65 Å². The van der Waals surface area contributed by atoms with Crippen molar-refractivity contribution in [3.63, 3.8) is 0 Å². The fourth-order valence-corrected chi connectivity index (χ4v) is 0.775. The maximum Gasteiger partial charge on any atom is 0.177 e.